The first kappa shape index (κ1) is 15.5. The molecular formula is C17H14N2O5. The van der Waals surface area contributed by atoms with Crippen molar-refractivity contribution in [3.63, 3.8) is 0 Å². The summed E-state index contributed by atoms with van der Waals surface area (Å²) in [6.45, 7) is 0.105. The molecule has 24 heavy (non-hydrogen) atoms. The van der Waals surface area contributed by atoms with E-state index in [1.807, 2.05) is 30.3 Å². The van der Waals surface area contributed by atoms with Crippen LogP contribution in [-0.2, 0) is 6.61 Å². The number of oxazole rings is 1. The predicted octanol–water partition coefficient (Wildman–Crippen LogP) is 3.84. The fraction of sp³-hybridized carbons (Fsp3) is 0.118. The molecule has 0 unspecified atom stereocenters. The molecule has 0 aliphatic heterocycles. The number of hydrogen-bond donors (Lipinski definition) is 0. The van der Waals surface area contributed by atoms with Gasteiger partial charge in [-0.05, 0) is 18.2 Å². The Hall–Kier alpha value is -3.35. The molecule has 0 N–H and O–H groups in total. The van der Waals surface area contributed by atoms with Gasteiger partial charge in [0, 0.05) is 11.6 Å². The van der Waals surface area contributed by atoms with Crippen molar-refractivity contribution >= 4 is 5.69 Å². The van der Waals surface area contributed by atoms with E-state index in [4.69, 9.17) is 13.9 Å². The number of nitrogens with zero attached hydrogens (tertiary/aromatic N) is 2. The number of ether oxygens (including phenoxy) is 2. The van der Waals surface area contributed by atoms with Crippen molar-refractivity contribution in [1.29, 1.82) is 0 Å². The minimum Gasteiger partial charge on any atom is -0.493 e. The van der Waals surface area contributed by atoms with Crippen LogP contribution in [0.5, 0.6) is 11.5 Å². The van der Waals surface area contributed by atoms with Crippen LogP contribution in [0.4, 0.5) is 5.69 Å². The molecule has 0 fully saturated rings. The Morgan fingerprint density at radius 1 is 1.17 bits per heavy atom. The lowest BCUT2D eigenvalue weighted by atomic mass is 10.2. The van der Waals surface area contributed by atoms with Gasteiger partial charge in [0.15, 0.2) is 11.5 Å². The average molecular weight is 326 g/mol. The standard InChI is InChI=1S/C17H14N2O5/c1-22-15-8-7-14(19(20)21)9-16(15)23-10-13-11-24-17(18-13)12-5-3-2-4-6-12/h2-9,11H,10H2,1H3. The van der Waals surface area contributed by atoms with Crippen molar-refractivity contribution in [2.75, 3.05) is 7.11 Å². The number of hydrogen-bond acceptors (Lipinski definition) is 6. The summed E-state index contributed by atoms with van der Waals surface area (Å²) in [4.78, 5) is 14.7. The molecule has 0 saturated carbocycles. The highest BCUT2D eigenvalue weighted by Gasteiger charge is 2.14. The van der Waals surface area contributed by atoms with Crippen molar-refractivity contribution in [3.8, 4) is 23.0 Å². The summed E-state index contributed by atoms with van der Waals surface area (Å²) in [6, 6.07) is 13.6. The number of rotatable bonds is 6. The monoisotopic (exact) mass is 326 g/mol. The number of nitro groups is 1. The smallest absolute Gasteiger partial charge is 0.273 e. The van der Waals surface area contributed by atoms with E-state index in [9.17, 15) is 10.1 Å². The van der Waals surface area contributed by atoms with Crippen molar-refractivity contribution in [3.05, 3.63) is 70.6 Å². The lowest BCUT2D eigenvalue weighted by molar-refractivity contribution is -0.385. The summed E-state index contributed by atoms with van der Waals surface area (Å²) in [5.41, 5.74) is 1.36. The molecule has 7 heteroatoms. The summed E-state index contributed by atoms with van der Waals surface area (Å²) in [5, 5.41) is 10.9. The molecule has 0 amide bonds. The van der Waals surface area contributed by atoms with Crippen LogP contribution in [0.15, 0.2) is 59.2 Å². The second-order valence-corrected chi connectivity index (χ2v) is 4.89. The van der Waals surface area contributed by atoms with Crippen LogP contribution in [0.3, 0.4) is 0 Å². The first-order valence-corrected chi connectivity index (χ1v) is 7.12. The second-order valence-electron chi connectivity index (χ2n) is 4.89. The molecule has 3 rings (SSSR count). The molecular weight excluding hydrogens is 312 g/mol. The van der Waals surface area contributed by atoms with Gasteiger partial charge in [0.05, 0.1) is 18.1 Å². The largest absolute Gasteiger partial charge is 0.493 e. The molecule has 0 aliphatic rings. The summed E-state index contributed by atoms with van der Waals surface area (Å²) in [7, 11) is 1.47. The van der Waals surface area contributed by atoms with E-state index in [1.165, 1.54) is 31.6 Å². The summed E-state index contributed by atoms with van der Waals surface area (Å²) >= 11 is 0. The maximum absolute atomic E-state index is 10.9. The van der Waals surface area contributed by atoms with E-state index in [1.54, 1.807) is 0 Å². The molecule has 2 aromatic carbocycles. The minimum atomic E-state index is -0.490. The van der Waals surface area contributed by atoms with Crippen LogP contribution in [0.25, 0.3) is 11.5 Å². The van der Waals surface area contributed by atoms with Crippen LogP contribution in [-0.4, -0.2) is 17.0 Å². The summed E-state index contributed by atoms with van der Waals surface area (Å²) in [5.74, 6) is 1.17. The molecule has 0 saturated heterocycles. The van der Waals surface area contributed by atoms with Gasteiger partial charge in [-0.15, -0.1) is 0 Å². The van der Waals surface area contributed by atoms with Gasteiger partial charge >= 0.3 is 0 Å². The van der Waals surface area contributed by atoms with Gasteiger partial charge in [-0.2, -0.15) is 0 Å². The number of benzene rings is 2. The number of methoxy groups -OCH3 is 1. The Bertz CT molecular complexity index is 845. The SMILES string of the molecule is COc1ccc([N+](=O)[O-])cc1OCc1coc(-c2ccccc2)n1. The van der Waals surface area contributed by atoms with Gasteiger partial charge in [-0.1, -0.05) is 18.2 Å². The summed E-state index contributed by atoms with van der Waals surface area (Å²) in [6.07, 6.45) is 1.49. The zero-order valence-electron chi connectivity index (χ0n) is 12.8. The Kier molecular flexibility index (Phi) is 4.42. The molecule has 1 aromatic heterocycles. The van der Waals surface area contributed by atoms with E-state index >= 15 is 0 Å². The van der Waals surface area contributed by atoms with Gasteiger partial charge in [0.25, 0.3) is 5.69 Å². The van der Waals surface area contributed by atoms with Gasteiger partial charge < -0.3 is 13.9 Å². The third-order valence-electron chi connectivity index (χ3n) is 3.31. The van der Waals surface area contributed by atoms with E-state index in [2.05, 4.69) is 4.98 Å². The third-order valence-corrected chi connectivity index (χ3v) is 3.31. The summed E-state index contributed by atoms with van der Waals surface area (Å²) < 4.78 is 16.2. The lowest BCUT2D eigenvalue weighted by Gasteiger charge is -2.08. The quantitative estimate of drug-likeness (QED) is 0.505. The molecule has 3 aromatic rings. The lowest BCUT2D eigenvalue weighted by Crippen LogP contribution is -1.99. The number of aromatic nitrogens is 1. The third kappa shape index (κ3) is 3.35. The Balaban J connectivity index is 1.75. The highest BCUT2D eigenvalue weighted by atomic mass is 16.6. The Labute approximate surface area is 137 Å². The molecule has 0 radical (unpaired) electrons. The van der Waals surface area contributed by atoms with Crippen molar-refractivity contribution < 1.29 is 18.8 Å². The maximum Gasteiger partial charge on any atom is 0.273 e. The zero-order valence-corrected chi connectivity index (χ0v) is 12.8. The van der Waals surface area contributed by atoms with Gasteiger partial charge in [0.2, 0.25) is 5.89 Å². The van der Waals surface area contributed by atoms with Gasteiger partial charge in [-0.25, -0.2) is 4.98 Å². The molecule has 0 bridgehead atoms. The normalized spacial score (nSPS) is 10.4. The first-order chi connectivity index (χ1) is 11.7. The van der Waals surface area contributed by atoms with Crippen LogP contribution in [0, 0.1) is 10.1 Å². The topological polar surface area (TPSA) is 87.6 Å². The average Bonchev–Trinajstić information content (AvgIpc) is 3.09. The van der Waals surface area contributed by atoms with E-state index in [0.717, 1.165) is 5.56 Å². The van der Waals surface area contributed by atoms with Gasteiger partial charge in [0.1, 0.15) is 18.6 Å². The molecule has 7 nitrogen and oxygen atoms in total. The van der Waals surface area contributed by atoms with Gasteiger partial charge in [-0.3, -0.25) is 10.1 Å². The molecule has 0 spiro atoms. The van der Waals surface area contributed by atoms with E-state index in [0.29, 0.717) is 17.3 Å². The van der Waals surface area contributed by atoms with Crippen LogP contribution < -0.4 is 9.47 Å². The number of non-ortho nitro benzene ring substituents is 1. The zero-order chi connectivity index (χ0) is 16.9. The first-order valence-electron chi connectivity index (χ1n) is 7.12. The molecule has 0 atom stereocenters. The van der Waals surface area contributed by atoms with Crippen LogP contribution in [0.2, 0.25) is 0 Å². The molecule has 122 valence electrons. The van der Waals surface area contributed by atoms with Crippen molar-refractivity contribution in [2.45, 2.75) is 6.61 Å². The fourth-order valence-electron chi connectivity index (χ4n) is 2.13. The predicted molar refractivity (Wildman–Crippen MR) is 85.9 cm³/mol. The van der Waals surface area contributed by atoms with Crippen molar-refractivity contribution in [1.82, 2.24) is 4.98 Å². The van der Waals surface area contributed by atoms with E-state index < -0.39 is 4.92 Å². The van der Waals surface area contributed by atoms with E-state index in [-0.39, 0.29) is 18.0 Å². The minimum absolute atomic E-state index is 0.0732. The highest BCUT2D eigenvalue weighted by Crippen LogP contribution is 2.31. The Morgan fingerprint density at radius 2 is 1.96 bits per heavy atom. The maximum atomic E-state index is 10.9. The fourth-order valence-corrected chi connectivity index (χ4v) is 2.13. The molecule has 1 heterocycles. The molecule has 0 aliphatic carbocycles. The second kappa shape index (κ2) is 6.82. The number of nitro benzene ring substituents is 1. The van der Waals surface area contributed by atoms with Crippen molar-refractivity contribution in [2.24, 2.45) is 0 Å². The Morgan fingerprint density at radius 3 is 2.67 bits per heavy atom. The van der Waals surface area contributed by atoms with Crippen LogP contribution in [0.1, 0.15) is 5.69 Å². The highest BCUT2D eigenvalue weighted by molar-refractivity contribution is 5.52. The van der Waals surface area contributed by atoms with Crippen LogP contribution >= 0.6 is 0 Å².